The molecule has 0 aliphatic carbocycles. The maximum absolute atomic E-state index is 13.0. The summed E-state index contributed by atoms with van der Waals surface area (Å²) in [5.41, 5.74) is -1.80. The smallest absolute Gasteiger partial charge is 0.258 e. The summed E-state index contributed by atoms with van der Waals surface area (Å²) in [7, 11) is 0. The van der Waals surface area contributed by atoms with Crippen molar-refractivity contribution in [1.82, 2.24) is 4.98 Å². The van der Waals surface area contributed by atoms with Crippen molar-refractivity contribution in [3.8, 4) is 0 Å². The molecule has 76 valence electrons. The van der Waals surface area contributed by atoms with E-state index in [0.717, 1.165) is 0 Å². The van der Waals surface area contributed by atoms with Gasteiger partial charge in [0.25, 0.3) is 6.43 Å². The first-order valence-electron chi connectivity index (χ1n) is 3.21. The van der Waals surface area contributed by atoms with Crippen LogP contribution in [-0.2, 0) is 0 Å². The van der Waals surface area contributed by atoms with E-state index in [1.807, 2.05) is 0 Å². The molecule has 0 N–H and O–H groups in total. The van der Waals surface area contributed by atoms with Crippen molar-refractivity contribution in [3.63, 3.8) is 0 Å². The van der Waals surface area contributed by atoms with E-state index in [-0.39, 0.29) is 0 Å². The van der Waals surface area contributed by atoms with Crippen molar-refractivity contribution in [2.45, 2.75) is 6.43 Å². The van der Waals surface area contributed by atoms with E-state index in [9.17, 15) is 23.3 Å². The Morgan fingerprint density at radius 2 is 2.14 bits per heavy atom. The van der Waals surface area contributed by atoms with Crippen LogP contribution < -0.4 is 0 Å². The molecule has 0 saturated heterocycles. The number of pyridine rings is 1. The summed E-state index contributed by atoms with van der Waals surface area (Å²) in [6.07, 6.45) is -2.53. The number of nitro groups is 1. The van der Waals surface area contributed by atoms with Gasteiger partial charge in [-0.3, -0.25) is 10.1 Å². The third-order valence-electron chi connectivity index (χ3n) is 1.37. The first-order valence-corrected chi connectivity index (χ1v) is 4.01. The molecule has 1 aromatic heterocycles. The largest absolute Gasteiger partial charge is 0.324 e. The van der Waals surface area contributed by atoms with Crippen molar-refractivity contribution in [3.05, 3.63) is 32.3 Å². The Labute approximate surface area is 84.0 Å². The van der Waals surface area contributed by atoms with E-state index in [1.165, 1.54) is 0 Å². The SMILES string of the molecule is O=[N+]([O-])c1cnc(C(F)F)c(Br)c1F. The molecule has 0 aliphatic heterocycles. The van der Waals surface area contributed by atoms with E-state index >= 15 is 0 Å². The summed E-state index contributed by atoms with van der Waals surface area (Å²) in [4.78, 5) is 12.2. The molecule has 0 unspecified atom stereocenters. The number of aromatic nitrogens is 1. The van der Waals surface area contributed by atoms with Gasteiger partial charge < -0.3 is 0 Å². The summed E-state index contributed by atoms with van der Waals surface area (Å²) < 4.78 is 36.6. The van der Waals surface area contributed by atoms with Crippen molar-refractivity contribution in [2.24, 2.45) is 0 Å². The Hall–Kier alpha value is -1.18. The number of rotatable bonds is 2. The van der Waals surface area contributed by atoms with Gasteiger partial charge in [-0.05, 0) is 15.9 Å². The van der Waals surface area contributed by atoms with Gasteiger partial charge >= 0.3 is 5.69 Å². The van der Waals surface area contributed by atoms with Crippen LogP contribution in [0.5, 0.6) is 0 Å². The monoisotopic (exact) mass is 270 g/mol. The van der Waals surface area contributed by atoms with E-state index in [1.54, 1.807) is 0 Å². The van der Waals surface area contributed by atoms with E-state index in [4.69, 9.17) is 0 Å². The molecule has 0 aliphatic rings. The molecule has 0 radical (unpaired) electrons. The van der Waals surface area contributed by atoms with Crippen molar-refractivity contribution in [2.75, 3.05) is 0 Å². The number of alkyl halides is 2. The summed E-state index contributed by atoms with van der Waals surface area (Å²) in [5.74, 6) is -1.35. The van der Waals surface area contributed by atoms with Crippen LogP contribution in [0.25, 0.3) is 0 Å². The van der Waals surface area contributed by atoms with Crippen LogP contribution in [-0.4, -0.2) is 9.91 Å². The molecule has 0 spiro atoms. The maximum atomic E-state index is 13.0. The summed E-state index contributed by atoms with van der Waals surface area (Å²) in [6, 6.07) is 0. The van der Waals surface area contributed by atoms with Gasteiger partial charge in [-0.25, -0.2) is 13.8 Å². The average molecular weight is 271 g/mol. The second-order valence-corrected chi connectivity index (χ2v) is 3.01. The number of halogens is 4. The van der Waals surface area contributed by atoms with Gasteiger partial charge in [0, 0.05) is 0 Å². The lowest BCUT2D eigenvalue weighted by molar-refractivity contribution is -0.388. The first-order chi connectivity index (χ1) is 6.45. The van der Waals surface area contributed by atoms with Gasteiger partial charge in [0.05, 0.1) is 9.40 Å². The molecule has 0 atom stereocenters. The molecule has 0 amide bonds. The molecule has 1 aromatic rings. The van der Waals surface area contributed by atoms with E-state index in [2.05, 4.69) is 20.9 Å². The maximum Gasteiger partial charge on any atom is 0.324 e. The molecule has 8 heteroatoms. The lowest BCUT2D eigenvalue weighted by Crippen LogP contribution is -2.00. The predicted octanol–water partition coefficient (Wildman–Crippen LogP) is 2.83. The minimum absolute atomic E-state index is 0.460. The Kier molecular flexibility index (Phi) is 3.04. The number of nitrogens with zero attached hydrogens (tertiary/aromatic N) is 2. The fourth-order valence-corrected chi connectivity index (χ4v) is 1.23. The standard InChI is InChI=1S/C6H2BrF3N2O2/c7-3-4(8)2(12(13)14)1-11-5(3)6(9)10/h1,6H. The van der Waals surface area contributed by atoms with Crippen LogP contribution >= 0.6 is 15.9 Å². The summed E-state index contributed by atoms with van der Waals surface area (Å²) in [6.45, 7) is 0. The minimum atomic E-state index is -2.99. The second kappa shape index (κ2) is 3.91. The zero-order valence-electron chi connectivity index (χ0n) is 6.38. The van der Waals surface area contributed by atoms with Crippen molar-refractivity contribution >= 4 is 21.6 Å². The topological polar surface area (TPSA) is 56.0 Å². The van der Waals surface area contributed by atoms with Crippen LogP contribution in [0.4, 0.5) is 18.9 Å². The molecule has 0 aromatic carbocycles. The van der Waals surface area contributed by atoms with Gasteiger partial charge in [-0.15, -0.1) is 0 Å². The molecule has 14 heavy (non-hydrogen) atoms. The quantitative estimate of drug-likeness (QED) is 0.613. The number of hydrogen-bond acceptors (Lipinski definition) is 3. The molecule has 0 saturated carbocycles. The third-order valence-corrected chi connectivity index (χ3v) is 2.13. The Balaban J connectivity index is 3.33. The van der Waals surface area contributed by atoms with Crippen LogP contribution in [0.15, 0.2) is 10.7 Å². The molecular formula is C6H2BrF3N2O2. The number of hydrogen-bond donors (Lipinski definition) is 0. The highest BCUT2D eigenvalue weighted by molar-refractivity contribution is 9.10. The Morgan fingerprint density at radius 1 is 1.57 bits per heavy atom. The minimum Gasteiger partial charge on any atom is -0.258 e. The third kappa shape index (κ3) is 1.84. The van der Waals surface area contributed by atoms with Crippen molar-refractivity contribution in [1.29, 1.82) is 0 Å². The normalized spacial score (nSPS) is 10.6. The highest BCUT2D eigenvalue weighted by Gasteiger charge is 2.24. The molecule has 4 nitrogen and oxygen atoms in total. The van der Waals surface area contributed by atoms with Crippen molar-refractivity contribution < 1.29 is 18.1 Å². The highest BCUT2D eigenvalue weighted by Crippen LogP contribution is 2.31. The van der Waals surface area contributed by atoms with Gasteiger partial charge in [0.2, 0.25) is 5.82 Å². The molecule has 0 bridgehead atoms. The second-order valence-electron chi connectivity index (χ2n) is 2.21. The molecule has 1 heterocycles. The summed E-state index contributed by atoms with van der Waals surface area (Å²) >= 11 is 2.48. The summed E-state index contributed by atoms with van der Waals surface area (Å²) in [5, 5.41) is 10.2. The first kappa shape index (κ1) is 10.9. The van der Waals surface area contributed by atoms with E-state index < -0.39 is 33.0 Å². The molecule has 1 rings (SSSR count). The van der Waals surface area contributed by atoms with Gasteiger partial charge in [0.1, 0.15) is 11.9 Å². The average Bonchev–Trinajstić information content (AvgIpc) is 2.08. The fourth-order valence-electron chi connectivity index (χ4n) is 0.748. The van der Waals surface area contributed by atoms with Crippen LogP contribution in [0, 0.1) is 15.9 Å². The Bertz CT molecular complexity index is 386. The van der Waals surface area contributed by atoms with Gasteiger partial charge in [-0.1, -0.05) is 0 Å². The van der Waals surface area contributed by atoms with Crippen LogP contribution in [0.2, 0.25) is 0 Å². The van der Waals surface area contributed by atoms with Crippen LogP contribution in [0.3, 0.4) is 0 Å². The molecular weight excluding hydrogens is 269 g/mol. The van der Waals surface area contributed by atoms with Gasteiger partial charge in [-0.2, -0.15) is 4.39 Å². The van der Waals surface area contributed by atoms with Crippen LogP contribution in [0.1, 0.15) is 12.1 Å². The molecule has 0 fully saturated rings. The zero-order valence-corrected chi connectivity index (χ0v) is 7.96. The fraction of sp³-hybridized carbons (Fsp3) is 0.167. The zero-order chi connectivity index (χ0) is 10.9. The van der Waals surface area contributed by atoms with E-state index in [0.29, 0.717) is 6.20 Å². The Morgan fingerprint density at radius 3 is 2.57 bits per heavy atom. The lowest BCUT2D eigenvalue weighted by atomic mass is 10.3. The van der Waals surface area contributed by atoms with Gasteiger partial charge in [0.15, 0.2) is 0 Å². The lowest BCUT2D eigenvalue weighted by Gasteiger charge is -2.02. The highest BCUT2D eigenvalue weighted by atomic mass is 79.9. The predicted molar refractivity (Wildman–Crippen MR) is 43.5 cm³/mol.